The Labute approximate surface area is 701 Å². The molecule has 0 bridgehead atoms. The third-order valence-electron chi connectivity index (χ3n) is 20.9. The van der Waals surface area contributed by atoms with Crippen LogP contribution in [-0.4, -0.2) is 193 Å². The summed E-state index contributed by atoms with van der Waals surface area (Å²) in [4.78, 5) is 47.4. The second-order valence-electron chi connectivity index (χ2n) is 34.6. The van der Waals surface area contributed by atoms with E-state index in [1.165, 1.54) is 16.7 Å². The lowest BCUT2D eigenvalue weighted by Gasteiger charge is -2.32. The molecule has 13 N–H and O–H groups in total. The average molecular weight is 1650 g/mol. The van der Waals surface area contributed by atoms with Gasteiger partial charge < -0.3 is 110 Å². The molecule has 0 aromatic heterocycles. The van der Waals surface area contributed by atoms with Crippen molar-refractivity contribution in [1.82, 2.24) is 26.6 Å². The molecule has 0 aliphatic heterocycles. The summed E-state index contributed by atoms with van der Waals surface area (Å²) < 4.78 is 52.9. The van der Waals surface area contributed by atoms with Crippen molar-refractivity contribution in [2.75, 3.05) is 42.7 Å². The minimum Gasteiger partial charge on any atom is -0.496 e. The van der Waals surface area contributed by atoms with Gasteiger partial charge in [0, 0.05) is 79.4 Å². The molecule has 0 unspecified atom stereocenters. The zero-order valence-electron chi connectivity index (χ0n) is 72.4. The van der Waals surface area contributed by atoms with Crippen LogP contribution in [0.4, 0.5) is 19.2 Å². The summed E-state index contributed by atoms with van der Waals surface area (Å²) in [5, 5.41) is 75.6. The van der Waals surface area contributed by atoms with Crippen LogP contribution in [0.1, 0.15) is 155 Å². The van der Waals surface area contributed by atoms with Crippen molar-refractivity contribution in [2.45, 2.75) is 262 Å². The van der Waals surface area contributed by atoms with Crippen LogP contribution in [0.3, 0.4) is 0 Å². The van der Waals surface area contributed by atoms with Gasteiger partial charge in [0.05, 0.1) is 103 Å². The van der Waals surface area contributed by atoms with E-state index in [0.717, 1.165) is 110 Å². The number of ether oxygens (including phenoxy) is 10. The van der Waals surface area contributed by atoms with Crippen molar-refractivity contribution in [3.8, 4) is 34.5 Å². The average Bonchev–Trinajstić information content (AvgIpc) is 0.825. The molecule has 12 atom stereocenters. The minimum absolute atomic E-state index is 0.0878. The molecular weight excluding hydrogens is 1520 g/mol. The van der Waals surface area contributed by atoms with Crippen molar-refractivity contribution in [1.29, 1.82) is 0 Å². The first kappa shape index (κ1) is 94.6. The summed E-state index contributed by atoms with van der Waals surface area (Å²) in [6, 6.07) is 44.0. The Morgan fingerprint density at radius 1 is 0.294 bits per heavy atom. The predicted molar refractivity (Wildman–Crippen MR) is 456 cm³/mol. The molecule has 4 amide bonds. The maximum absolute atomic E-state index is 11.8. The van der Waals surface area contributed by atoms with Crippen molar-refractivity contribution < 1.29 is 97.2 Å². The molecule has 119 heavy (non-hydrogen) atoms. The summed E-state index contributed by atoms with van der Waals surface area (Å²) in [7, 11) is 9.80. The fraction of sp³-hybridized carbons (Fsp3) is 0.505. The molecule has 0 spiro atoms. The summed E-state index contributed by atoms with van der Waals surface area (Å²) in [5.74, 6) is 4.86. The summed E-state index contributed by atoms with van der Waals surface area (Å²) in [6.45, 7) is 22.5. The van der Waals surface area contributed by atoms with E-state index in [-0.39, 0.29) is 42.4 Å². The zero-order chi connectivity index (χ0) is 87.3. The lowest BCUT2D eigenvalue weighted by atomic mass is 9.85. The Balaban J connectivity index is 0.000000179. The predicted octanol–water partition coefficient (Wildman–Crippen LogP) is 11.0. The van der Waals surface area contributed by atoms with Crippen LogP contribution in [0, 0.1) is 0 Å². The van der Waals surface area contributed by atoms with Crippen LogP contribution in [0.25, 0.3) is 0 Å². The van der Waals surface area contributed by atoms with Gasteiger partial charge in [-0.05, 0) is 208 Å². The molecule has 6 aliphatic rings. The standard InChI is InChI=1S/C18H21NO2.4C16H23NO4.C11H15NO2/c1-21-18-9-5-8-14-10-16(17(20)11-15(14)18)19-12-13-6-3-2-4-7-13;4*1-16(2,3)21-15(19)17-12-8-10-6-5-7-14(20-4)11(10)9-13(12)18;1-14-11-4-2-3-7-5-9(12)10(13)6-8(7)11/h2-9,16-17,19-20H,10-12H2,1H3;4*5-7,12-13,18H,8-9H2,1-4H3,(H,17,19);2-4,9-10,13H,5-6,12H2,1H3/t16-,17-;4*12-,13-;9-,10-/m111101/s1. The minimum atomic E-state index is -0.652. The fourth-order valence-electron chi connectivity index (χ4n) is 15.2. The van der Waals surface area contributed by atoms with Crippen LogP contribution in [0.2, 0.25) is 0 Å². The van der Waals surface area contributed by atoms with Crippen molar-refractivity contribution in [3.63, 3.8) is 0 Å². The number of hydrogen-bond acceptors (Lipinski definition) is 22. The monoisotopic (exact) mass is 1650 g/mol. The molecule has 0 radical (unpaired) electrons. The van der Waals surface area contributed by atoms with Crippen LogP contribution in [-0.2, 0) is 103 Å². The van der Waals surface area contributed by atoms with Crippen molar-refractivity contribution >= 4 is 24.4 Å². The Morgan fingerprint density at radius 3 is 0.731 bits per heavy atom. The van der Waals surface area contributed by atoms with Gasteiger partial charge in [-0.1, -0.05) is 103 Å². The number of rotatable bonds is 13. The van der Waals surface area contributed by atoms with E-state index < -0.39 is 77.3 Å². The third kappa shape index (κ3) is 28.4. The number of alkyl carbamates (subject to hydrolysis) is 4. The highest BCUT2D eigenvalue weighted by Gasteiger charge is 2.37. The number of aliphatic hydroxyl groups is 6. The van der Waals surface area contributed by atoms with Gasteiger partial charge >= 0.3 is 24.4 Å². The summed E-state index contributed by atoms with van der Waals surface area (Å²) in [6.07, 6.45) is 1.45. The third-order valence-corrected chi connectivity index (χ3v) is 20.9. The van der Waals surface area contributed by atoms with Gasteiger partial charge in [0.15, 0.2) is 0 Å². The number of carbonyl (C=O) groups excluding carboxylic acids is 4. The normalized spacial score (nSPS) is 21.8. The summed E-state index contributed by atoms with van der Waals surface area (Å²) >= 11 is 0. The molecule has 26 nitrogen and oxygen atoms in total. The van der Waals surface area contributed by atoms with E-state index in [2.05, 4.69) is 44.8 Å². The van der Waals surface area contributed by atoms with E-state index in [1.807, 2.05) is 204 Å². The maximum Gasteiger partial charge on any atom is 0.407 e. The molecule has 7 aromatic rings. The lowest BCUT2D eigenvalue weighted by Crippen LogP contribution is -2.49. The second-order valence-corrected chi connectivity index (χ2v) is 34.6. The van der Waals surface area contributed by atoms with E-state index in [4.69, 9.17) is 53.1 Å². The Bertz CT molecular complexity index is 4080. The highest BCUT2D eigenvalue weighted by atomic mass is 16.6. The Morgan fingerprint density at radius 2 is 0.504 bits per heavy atom. The van der Waals surface area contributed by atoms with Gasteiger partial charge in [-0.15, -0.1) is 0 Å². The number of hydrogen-bond donors (Lipinski definition) is 12. The quantitative estimate of drug-likeness (QED) is 0.0477. The number of fused-ring (bicyclic) bond motifs is 6. The number of aliphatic hydroxyl groups excluding tert-OH is 6. The molecule has 0 saturated carbocycles. The largest absolute Gasteiger partial charge is 0.496 e. The zero-order valence-corrected chi connectivity index (χ0v) is 72.4. The SMILES string of the molecule is COc1cccc2c1C[C@@H](O)[C@H](N)C2.COc1cccc2c1C[C@@H](O)[C@H](NC(=O)OC(C)(C)C)C2.COc1cccc2c1C[C@@H](O)[C@H](NC(=O)OC(C)(C)C)C2.COc1cccc2c1C[C@@H](O)[C@H](NC(=O)OC(C)(C)C)C2.COc1cccc2c1C[C@@H](O)[C@H](NCc1ccccc1)C2.COc1cccc2c1C[C@H](O)[C@@H](NC(=O)OC(C)(C)C)C2. The molecule has 0 fully saturated rings. The first-order chi connectivity index (χ1) is 56.2. The second kappa shape index (κ2) is 42.9. The molecule has 0 heterocycles. The van der Waals surface area contributed by atoms with Crippen LogP contribution < -0.4 is 60.7 Å². The molecule has 0 saturated heterocycles. The molecular formula is C93H128N6O20. The van der Waals surface area contributed by atoms with Gasteiger partial charge in [-0.25, -0.2) is 19.2 Å². The smallest absolute Gasteiger partial charge is 0.407 e. The first-order valence-corrected chi connectivity index (χ1v) is 40.7. The summed E-state index contributed by atoms with van der Waals surface area (Å²) in [5.41, 5.74) is 17.9. The van der Waals surface area contributed by atoms with E-state index >= 15 is 0 Å². The molecule has 7 aromatic carbocycles. The number of carbonyl (C=O) groups is 4. The van der Waals surface area contributed by atoms with Crippen LogP contribution >= 0.6 is 0 Å². The van der Waals surface area contributed by atoms with Crippen LogP contribution in [0.5, 0.6) is 34.5 Å². The van der Waals surface area contributed by atoms with Crippen molar-refractivity contribution in [2.24, 2.45) is 5.73 Å². The topological polar surface area (TPSA) is 368 Å². The first-order valence-electron chi connectivity index (χ1n) is 40.7. The number of amides is 4. The fourth-order valence-corrected chi connectivity index (χ4v) is 15.2. The van der Waals surface area contributed by atoms with E-state index in [0.29, 0.717) is 64.2 Å². The van der Waals surface area contributed by atoms with E-state index in [1.54, 1.807) is 42.7 Å². The molecule has 13 rings (SSSR count). The highest BCUT2D eigenvalue weighted by Crippen LogP contribution is 2.36. The number of benzene rings is 7. The molecule has 26 heteroatoms. The van der Waals surface area contributed by atoms with Gasteiger partial charge in [0.25, 0.3) is 0 Å². The van der Waals surface area contributed by atoms with Gasteiger partial charge in [-0.3, -0.25) is 0 Å². The highest BCUT2D eigenvalue weighted by molar-refractivity contribution is 5.70. The maximum atomic E-state index is 11.8. The molecule has 650 valence electrons. The van der Waals surface area contributed by atoms with E-state index in [9.17, 15) is 49.8 Å². The molecule has 6 aliphatic carbocycles. The Kier molecular flexibility index (Phi) is 34.1. The Hall–Kier alpha value is -9.90. The number of methoxy groups -OCH3 is 6. The van der Waals surface area contributed by atoms with Gasteiger partial charge in [0.1, 0.15) is 56.9 Å². The number of nitrogens with two attached hydrogens (primary N) is 1. The van der Waals surface area contributed by atoms with Gasteiger partial charge in [0.2, 0.25) is 0 Å². The van der Waals surface area contributed by atoms with Crippen LogP contribution in [0.15, 0.2) is 140 Å². The lowest BCUT2D eigenvalue weighted by molar-refractivity contribution is 0.0404. The number of nitrogens with one attached hydrogen (secondary N) is 5. The van der Waals surface area contributed by atoms with Crippen molar-refractivity contribution in [3.05, 3.63) is 212 Å². The van der Waals surface area contributed by atoms with Gasteiger partial charge in [-0.2, -0.15) is 0 Å².